The number of hydrogen-bond donors (Lipinski definition) is 2. The molecule has 41 heavy (non-hydrogen) atoms. The van der Waals surface area contributed by atoms with Crippen molar-refractivity contribution in [3.63, 3.8) is 0 Å². The van der Waals surface area contributed by atoms with Crippen molar-refractivity contribution >= 4 is 64.1 Å². The lowest BCUT2D eigenvalue weighted by atomic mass is 9.92. The first-order valence-electron chi connectivity index (χ1n) is 14.0. The summed E-state index contributed by atoms with van der Waals surface area (Å²) >= 11 is 12.8. The van der Waals surface area contributed by atoms with Crippen LogP contribution in [0, 0.1) is 0 Å². The van der Waals surface area contributed by atoms with E-state index in [4.69, 9.17) is 23.2 Å². The van der Waals surface area contributed by atoms with Gasteiger partial charge in [-0.3, -0.25) is 24.5 Å². The summed E-state index contributed by atoms with van der Waals surface area (Å²) in [4.78, 5) is 38.5. The molecule has 0 radical (unpaired) electrons. The summed E-state index contributed by atoms with van der Waals surface area (Å²) in [7, 11) is 0. The second kappa shape index (κ2) is 12.2. The van der Waals surface area contributed by atoms with Crippen molar-refractivity contribution in [1.29, 1.82) is 0 Å². The Labute approximate surface area is 250 Å². The van der Waals surface area contributed by atoms with Crippen LogP contribution in [0.3, 0.4) is 0 Å². The van der Waals surface area contributed by atoms with Crippen LogP contribution in [0.1, 0.15) is 24.4 Å². The number of anilines is 4. The van der Waals surface area contributed by atoms with Gasteiger partial charge in [0.1, 0.15) is 0 Å². The van der Waals surface area contributed by atoms with Gasteiger partial charge in [0.25, 0.3) is 0 Å². The second-order valence-electron chi connectivity index (χ2n) is 10.6. The van der Waals surface area contributed by atoms with Crippen LogP contribution in [0.2, 0.25) is 5.02 Å². The highest BCUT2D eigenvalue weighted by atomic mass is 35.5. The number of aliphatic imine (C=N–C) groups is 1. The summed E-state index contributed by atoms with van der Waals surface area (Å²) in [5.41, 5.74) is 4.88. The summed E-state index contributed by atoms with van der Waals surface area (Å²) in [6.07, 6.45) is 8.16. The molecular weight excluding hydrogens is 561 g/mol. The largest absolute Gasteiger partial charge is 0.367 e. The zero-order chi connectivity index (χ0) is 28.3. The molecule has 3 amide bonds. The Morgan fingerprint density at radius 1 is 1.10 bits per heavy atom. The van der Waals surface area contributed by atoms with E-state index in [1.165, 1.54) is 22.6 Å². The first kappa shape index (κ1) is 27.8. The molecule has 214 valence electrons. The number of likely N-dealkylation sites (tertiary alicyclic amines) is 1. The fourth-order valence-electron chi connectivity index (χ4n) is 5.66. The molecule has 1 unspecified atom stereocenters. The summed E-state index contributed by atoms with van der Waals surface area (Å²) < 4.78 is 0. The molecule has 2 aromatic rings. The maximum Gasteiger partial charge on any atom is 0.326 e. The van der Waals surface area contributed by atoms with Gasteiger partial charge in [-0.1, -0.05) is 35.3 Å². The molecular formula is C30H33Cl2N7O2. The molecule has 11 heteroatoms. The summed E-state index contributed by atoms with van der Waals surface area (Å²) in [6.45, 7) is 6.37. The van der Waals surface area contributed by atoms with E-state index < -0.39 is 0 Å². The van der Waals surface area contributed by atoms with Crippen LogP contribution in [-0.2, 0) is 4.79 Å². The number of amides is 3. The number of benzene rings is 2. The highest BCUT2D eigenvalue weighted by molar-refractivity contribution is 6.32. The van der Waals surface area contributed by atoms with Crippen molar-refractivity contribution < 1.29 is 9.59 Å². The zero-order valence-electron chi connectivity index (χ0n) is 22.7. The lowest BCUT2D eigenvalue weighted by Gasteiger charge is -2.41. The zero-order valence-corrected chi connectivity index (χ0v) is 24.2. The minimum atomic E-state index is -0.373. The van der Waals surface area contributed by atoms with Crippen molar-refractivity contribution in [3.05, 3.63) is 70.4 Å². The lowest BCUT2D eigenvalue weighted by Crippen LogP contribution is -2.45. The van der Waals surface area contributed by atoms with Gasteiger partial charge in [-0.15, -0.1) is 0 Å². The van der Waals surface area contributed by atoms with E-state index in [2.05, 4.69) is 37.6 Å². The minimum Gasteiger partial charge on any atom is -0.367 e. The molecule has 0 aromatic heterocycles. The average molecular weight is 595 g/mol. The fourth-order valence-corrected chi connectivity index (χ4v) is 6.08. The molecule has 4 aliphatic rings. The number of allylic oxidation sites excluding steroid dienone is 2. The molecule has 1 atom stereocenters. The maximum absolute atomic E-state index is 13.3. The van der Waals surface area contributed by atoms with Crippen molar-refractivity contribution in [2.24, 2.45) is 4.99 Å². The van der Waals surface area contributed by atoms with E-state index in [9.17, 15) is 9.59 Å². The third-order valence-corrected chi connectivity index (χ3v) is 8.43. The maximum atomic E-state index is 13.3. The monoisotopic (exact) mass is 593 g/mol. The summed E-state index contributed by atoms with van der Waals surface area (Å²) in [5, 5.41) is 7.38. The van der Waals surface area contributed by atoms with E-state index >= 15 is 0 Å². The van der Waals surface area contributed by atoms with Crippen LogP contribution in [0.5, 0.6) is 0 Å². The van der Waals surface area contributed by atoms with Gasteiger partial charge in [-0.25, -0.2) is 4.79 Å². The van der Waals surface area contributed by atoms with Crippen molar-refractivity contribution in [1.82, 2.24) is 15.1 Å². The Hall–Kier alpha value is -3.37. The number of carbonyl (C=O) groups excluding carboxylic acids is 2. The van der Waals surface area contributed by atoms with E-state index in [0.717, 1.165) is 64.3 Å². The molecule has 6 rings (SSSR count). The van der Waals surface area contributed by atoms with E-state index in [-0.39, 0.29) is 18.6 Å². The second-order valence-corrected chi connectivity index (χ2v) is 11.5. The molecule has 0 saturated carbocycles. The standard InChI is InChI=1S/C30H33Cl2N7O2/c31-22-3-1-12-38(19-22)30(41)35-26-17-23(32)18-27(36-15-10-33-11-16-36)29(26)39(20-40)24-6-4-21(5-7-24)28(25-8-9-34-25)37-13-2-14-37/h1,3-7,12,17-18,20,28,33H,2,8-11,13-16,19H2,(H,35,41). The van der Waals surface area contributed by atoms with Gasteiger partial charge in [0, 0.05) is 79.9 Å². The topological polar surface area (TPSA) is 83.5 Å². The fraction of sp³-hybridized carbons (Fsp3) is 0.367. The number of nitrogens with zero attached hydrogens (tertiary/aromatic N) is 5. The number of nitrogens with one attached hydrogen (secondary N) is 2. The highest BCUT2D eigenvalue weighted by Crippen LogP contribution is 2.43. The summed E-state index contributed by atoms with van der Waals surface area (Å²) in [5.74, 6) is 0. The Bertz CT molecular complexity index is 1400. The first-order chi connectivity index (χ1) is 20.0. The summed E-state index contributed by atoms with van der Waals surface area (Å²) in [6, 6.07) is 11.5. The SMILES string of the molecule is O=CN(c1ccc(C(C2=NCC2)N2CCC2)cc1)c1c(NC(=O)N2C=CC=C(Cl)C2)cc(Cl)cc1N1CCNCC1. The van der Waals surface area contributed by atoms with Gasteiger partial charge in [0.15, 0.2) is 0 Å². The smallest absolute Gasteiger partial charge is 0.326 e. The Balaban J connectivity index is 1.37. The Morgan fingerprint density at radius 3 is 2.46 bits per heavy atom. The number of rotatable bonds is 8. The van der Waals surface area contributed by atoms with Gasteiger partial charge in [0.2, 0.25) is 6.41 Å². The van der Waals surface area contributed by atoms with Gasteiger partial charge in [0.05, 0.1) is 29.6 Å². The molecule has 4 heterocycles. The molecule has 0 aliphatic carbocycles. The third-order valence-electron chi connectivity index (χ3n) is 7.97. The highest BCUT2D eigenvalue weighted by Gasteiger charge is 2.32. The Kier molecular flexibility index (Phi) is 8.30. The molecule has 0 bridgehead atoms. The molecule has 4 aliphatic heterocycles. The van der Waals surface area contributed by atoms with Crippen molar-refractivity contribution in [3.8, 4) is 0 Å². The number of carbonyl (C=O) groups is 2. The van der Waals surface area contributed by atoms with Crippen LogP contribution < -0.4 is 20.4 Å². The lowest BCUT2D eigenvalue weighted by molar-refractivity contribution is -0.106. The van der Waals surface area contributed by atoms with Gasteiger partial charge in [-0.2, -0.15) is 0 Å². The molecule has 2 N–H and O–H groups in total. The predicted molar refractivity (Wildman–Crippen MR) is 166 cm³/mol. The molecule has 0 spiro atoms. The molecule has 2 aromatic carbocycles. The number of hydrogen-bond acceptors (Lipinski definition) is 6. The normalized spacial score (nSPS) is 19.5. The number of urea groups is 1. The predicted octanol–water partition coefficient (Wildman–Crippen LogP) is 5.12. The van der Waals surface area contributed by atoms with Crippen LogP contribution >= 0.6 is 23.2 Å². The van der Waals surface area contributed by atoms with Crippen molar-refractivity contribution in [2.45, 2.75) is 18.9 Å². The van der Waals surface area contributed by atoms with E-state index in [1.54, 1.807) is 29.3 Å². The van der Waals surface area contributed by atoms with Crippen LogP contribution in [0.25, 0.3) is 0 Å². The van der Waals surface area contributed by atoms with Crippen molar-refractivity contribution in [2.75, 3.05) is 67.5 Å². The van der Waals surface area contributed by atoms with Crippen LogP contribution in [0.4, 0.5) is 27.5 Å². The number of piperazine rings is 1. The van der Waals surface area contributed by atoms with E-state index in [1.807, 2.05) is 18.2 Å². The van der Waals surface area contributed by atoms with Gasteiger partial charge < -0.3 is 15.5 Å². The third kappa shape index (κ3) is 5.85. The number of halogens is 2. The van der Waals surface area contributed by atoms with Gasteiger partial charge in [-0.05, 0) is 48.4 Å². The molecule has 9 nitrogen and oxygen atoms in total. The quantitative estimate of drug-likeness (QED) is 0.415. The molecule has 2 fully saturated rings. The van der Waals surface area contributed by atoms with E-state index in [0.29, 0.717) is 27.1 Å². The minimum absolute atomic E-state index is 0.191. The van der Waals surface area contributed by atoms with Crippen LogP contribution in [0.15, 0.2) is 64.8 Å². The van der Waals surface area contributed by atoms with Crippen LogP contribution in [-0.4, -0.2) is 80.3 Å². The first-order valence-corrected chi connectivity index (χ1v) is 14.8. The molecule has 2 saturated heterocycles. The van der Waals surface area contributed by atoms with Gasteiger partial charge >= 0.3 is 6.03 Å². The Morgan fingerprint density at radius 2 is 1.85 bits per heavy atom. The average Bonchev–Trinajstić information content (AvgIpc) is 2.93.